The first-order valence-electron chi connectivity index (χ1n) is 3.59. The number of nitrogens with two attached hydrogens (primary N) is 1. The summed E-state index contributed by atoms with van der Waals surface area (Å²) in [6.45, 7) is 0. The molecule has 14 heavy (non-hydrogen) atoms. The van der Waals surface area contributed by atoms with Gasteiger partial charge in [0.1, 0.15) is 0 Å². The summed E-state index contributed by atoms with van der Waals surface area (Å²) in [6, 6.07) is -1.25. The molecule has 0 spiro atoms. The Hall–Kier alpha value is -1.22. The van der Waals surface area contributed by atoms with Crippen molar-refractivity contribution in [2.45, 2.75) is 18.9 Å². The van der Waals surface area contributed by atoms with Crippen molar-refractivity contribution >= 4 is 22.6 Å². The molecule has 3 N–H and O–H groups in total. The smallest absolute Gasteiger partial charge is 0.243 e. The number of carbonyl (C=O) groups excluding carboxylic acids is 1. The topological polar surface area (TPSA) is 93.8 Å². The Balaban J connectivity index is 2.42. The van der Waals surface area contributed by atoms with Gasteiger partial charge in [-0.1, -0.05) is 9.59 Å². The van der Waals surface area contributed by atoms with Gasteiger partial charge in [-0.05, 0) is 5.21 Å². The summed E-state index contributed by atoms with van der Waals surface area (Å²) in [5.41, 5.74) is 5.18. The Morgan fingerprint density at radius 1 is 1.64 bits per heavy atom. The van der Waals surface area contributed by atoms with Crippen molar-refractivity contribution in [1.29, 1.82) is 0 Å². The average molecular weight is 223 g/mol. The molecular formula is C5H7F2N5OS. The number of nitrogens with one attached hydrogen (secondary N) is 1. The molecular weight excluding hydrogens is 216 g/mol. The maximum atomic E-state index is 11.8. The van der Waals surface area contributed by atoms with E-state index in [0.29, 0.717) is 0 Å². The second-order valence-corrected chi connectivity index (χ2v) is 3.12. The first-order chi connectivity index (χ1) is 6.59. The van der Waals surface area contributed by atoms with Crippen LogP contribution >= 0.6 is 11.5 Å². The number of halogens is 2. The summed E-state index contributed by atoms with van der Waals surface area (Å²) in [5, 5.41) is 8.96. The van der Waals surface area contributed by atoms with Crippen LogP contribution in [0, 0.1) is 0 Å². The van der Waals surface area contributed by atoms with Crippen LogP contribution in [0.2, 0.25) is 0 Å². The van der Waals surface area contributed by atoms with Crippen LogP contribution in [0.25, 0.3) is 0 Å². The largest absolute Gasteiger partial charge is 0.320 e. The van der Waals surface area contributed by atoms with Gasteiger partial charge in [-0.2, -0.15) is 0 Å². The van der Waals surface area contributed by atoms with Gasteiger partial charge in [-0.3, -0.25) is 10.1 Å². The molecule has 9 heteroatoms. The minimum absolute atomic E-state index is 0.139. The van der Waals surface area contributed by atoms with Gasteiger partial charge in [0.05, 0.1) is 6.04 Å². The maximum Gasteiger partial charge on any atom is 0.243 e. The number of carbonyl (C=O) groups is 1. The van der Waals surface area contributed by atoms with Gasteiger partial charge in [0.15, 0.2) is 0 Å². The van der Waals surface area contributed by atoms with Crippen LogP contribution in [0.5, 0.6) is 0 Å². The van der Waals surface area contributed by atoms with Gasteiger partial charge in [0.2, 0.25) is 17.5 Å². The number of amides is 1. The van der Waals surface area contributed by atoms with Crippen LogP contribution in [-0.2, 0) is 4.79 Å². The van der Waals surface area contributed by atoms with Crippen LogP contribution in [-0.4, -0.2) is 33.2 Å². The molecule has 0 fully saturated rings. The van der Waals surface area contributed by atoms with Crippen LogP contribution in [0.1, 0.15) is 6.42 Å². The van der Waals surface area contributed by atoms with Crippen molar-refractivity contribution in [2.75, 3.05) is 5.32 Å². The molecule has 1 rings (SSSR count). The lowest BCUT2D eigenvalue weighted by molar-refractivity contribution is -0.118. The predicted octanol–water partition coefficient (Wildman–Crippen LogP) is -0.146. The summed E-state index contributed by atoms with van der Waals surface area (Å²) in [5.74, 6) is -0.719. The number of rotatable bonds is 4. The molecule has 1 heterocycles. The number of nitrogens with zero attached hydrogens (tertiary/aromatic N) is 3. The predicted molar refractivity (Wildman–Crippen MR) is 44.9 cm³/mol. The number of anilines is 1. The standard InChI is InChI=1S/C5H7F2N5OS/c6-3(7)1-2(8)4(13)9-5-10-11-12-14-5/h2-3H,1,8H2,(H,9,10,12,13). The first kappa shape index (κ1) is 10.9. The summed E-state index contributed by atoms with van der Waals surface area (Å²) >= 11 is 0.840. The monoisotopic (exact) mass is 223 g/mol. The van der Waals surface area contributed by atoms with Gasteiger partial charge in [-0.15, -0.1) is 0 Å². The van der Waals surface area contributed by atoms with Crippen molar-refractivity contribution < 1.29 is 13.6 Å². The number of aromatic nitrogens is 3. The normalized spacial score (nSPS) is 12.9. The molecule has 0 saturated carbocycles. The Bertz CT molecular complexity index is 292. The fourth-order valence-electron chi connectivity index (χ4n) is 0.679. The van der Waals surface area contributed by atoms with E-state index in [1.54, 1.807) is 0 Å². The van der Waals surface area contributed by atoms with E-state index in [0.717, 1.165) is 11.5 Å². The molecule has 6 nitrogen and oxygen atoms in total. The Labute approximate surface area is 81.7 Å². The summed E-state index contributed by atoms with van der Waals surface area (Å²) in [4.78, 5) is 11.1. The molecule has 0 aliphatic rings. The molecule has 1 unspecified atom stereocenters. The van der Waals surface area contributed by atoms with Crippen molar-refractivity contribution in [1.82, 2.24) is 14.8 Å². The lowest BCUT2D eigenvalue weighted by atomic mass is 10.2. The molecule has 1 atom stereocenters. The van der Waals surface area contributed by atoms with E-state index in [1.165, 1.54) is 0 Å². The number of hydrogen-bond donors (Lipinski definition) is 2. The molecule has 0 radical (unpaired) electrons. The number of hydrogen-bond acceptors (Lipinski definition) is 6. The van der Waals surface area contributed by atoms with Gasteiger partial charge in [0, 0.05) is 18.0 Å². The van der Waals surface area contributed by atoms with Gasteiger partial charge in [-0.25, -0.2) is 8.78 Å². The molecule has 1 amide bonds. The van der Waals surface area contributed by atoms with E-state index >= 15 is 0 Å². The third kappa shape index (κ3) is 3.26. The van der Waals surface area contributed by atoms with Crippen molar-refractivity contribution in [3.63, 3.8) is 0 Å². The van der Waals surface area contributed by atoms with E-state index in [2.05, 4.69) is 20.1 Å². The van der Waals surface area contributed by atoms with Crippen LogP contribution < -0.4 is 11.1 Å². The van der Waals surface area contributed by atoms with E-state index in [1.807, 2.05) is 0 Å². The zero-order valence-corrected chi connectivity index (χ0v) is 7.67. The second kappa shape index (κ2) is 4.86. The van der Waals surface area contributed by atoms with Gasteiger partial charge in [0.25, 0.3) is 0 Å². The third-order valence-electron chi connectivity index (χ3n) is 1.30. The zero-order valence-electron chi connectivity index (χ0n) is 6.85. The van der Waals surface area contributed by atoms with E-state index < -0.39 is 24.8 Å². The zero-order chi connectivity index (χ0) is 10.6. The lowest BCUT2D eigenvalue weighted by Gasteiger charge is -2.08. The minimum atomic E-state index is -2.61. The highest BCUT2D eigenvalue weighted by atomic mass is 32.1. The maximum absolute atomic E-state index is 11.8. The Morgan fingerprint density at radius 3 is 2.86 bits per heavy atom. The summed E-state index contributed by atoms with van der Waals surface area (Å²) < 4.78 is 27.0. The summed E-state index contributed by atoms with van der Waals surface area (Å²) in [6.07, 6.45) is -3.29. The SMILES string of the molecule is NC(CC(F)F)C(=O)Nc1nnns1. The Kier molecular flexibility index (Phi) is 3.77. The molecule has 1 aromatic rings. The van der Waals surface area contributed by atoms with Crippen LogP contribution in [0.15, 0.2) is 0 Å². The van der Waals surface area contributed by atoms with Gasteiger partial charge >= 0.3 is 0 Å². The molecule has 0 aromatic carbocycles. The summed E-state index contributed by atoms with van der Waals surface area (Å²) in [7, 11) is 0. The minimum Gasteiger partial charge on any atom is -0.320 e. The molecule has 0 bridgehead atoms. The van der Waals surface area contributed by atoms with E-state index in [9.17, 15) is 13.6 Å². The fraction of sp³-hybridized carbons (Fsp3) is 0.600. The van der Waals surface area contributed by atoms with Crippen molar-refractivity contribution in [3.05, 3.63) is 0 Å². The Morgan fingerprint density at radius 2 is 2.36 bits per heavy atom. The molecule has 0 saturated heterocycles. The number of alkyl halides is 2. The van der Waals surface area contributed by atoms with E-state index in [-0.39, 0.29) is 5.13 Å². The average Bonchev–Trinajstić information content (AvgIpc) is 2.55. The molecule has 78 valence electrons. The van der Waals surface area contributed by atoms with Crippen LogP contribution in [0.4, 0.5) is 13.9 Å². The quantitative estimate of drug-likeness (QED) is 0.740. The van der Waals surface area contributed by atoms with Crippen LogP contribution in [0.3, 0.4) is 0 Å². The van der Waals surface area contributed by atoms with Crippen molar-refractivity contribution in [3.8, 4) is 0 Å². The third-order valence-corrected chi connectivity index (χ3v) is 1.81. The molecule has 0 aliphatic heterocycles. The van der Waals surface area contributed by atoms with E-state index in [4.69, 9.17) is 5.73 Å². The van der Waals surface area contributed by atoms with Gasteiger partial charge < -0.3 is 5.73 Å². The molecule has 1 aromatic heterocycles. The molecule has 0 aliphatic carbocycles. The lowest BCUT2D eigenvalue weighted by Crippen LogP contribution is -2.37. The highest BCUT2D eigenvalue weighted by molar-refractivity contribution is 7.09. The fourth-order valence-corrected chi connectivity index (χ4v) is 1.05. The second-order valence-electron chi connectivity index (χ2n) is 2.39. The highest BCUT2D eigenvalue weighted by Gasteiger charge is 2.19. The highest BCUT2D eigenvalue weighted by Crippen LogP contribution is 2.07. The first-order valence-corrected chi connectivity index (χ1v) is 4.36. The van der Waals surface area contributed by atoms with Crippen molar-refractivity contribution in [2.24, 2.45) is 5.73 Å².